The van der Waals surface area contributed by atoms with Gasteiger partial charge in [-0.05, 0) is 35.0 Å². The van der Waals surface area contributed by atoms with Gasteiger partial charge in [-0.15, -0.1) is 0 Å². The molecule has 0 bridgehead atoms. The second-order valence-corrected chi connectivity index (χ2v) is 6.18. The number of nitrogens with zero attached hydrogens (tertiary/aromatic N) is 3. The summed E-state index contributed by atoms with van der Waals surface area (Å²) in [6.45, 7) is 1.76. The van der Waals surface area contributed by atoms with Crippen LogP contribution in [0.15, 0.2) is 33.9 Å². The molecule has 0 fully saturated rings. The first kappa shape index (κ1) is 13.7. The van der Waals surface area contributed by atoms with Crippen LogP contribution >= 0.6 is 15.9 Å². The number of nitrogens with two attached hydrogens (primary N) is 1. The highest BCUT2D eigenvalue weighted by atomic mass is 79.9. The molecule has 9 heteroatoms. The van der Waals surface area contributed by atoms with Crippen LogP contribution in [-0.4, -0.2) is 23.4 Å². The van der Waals surface area contributed by atoms with Crippen molar-refractivity contribution in [1.82, 2.24) is 15.0 Å². The zero-order chi connectivity index (χ0) is 14.0. The fourth-order valence-corrected chi connectivity index (χ4v) is 2.37. The first-order valence-corrected chi connectivity index (χ1v) is 7.39. The average Bonchev–Trinajstić information content (AvgIpc) is 2.34. The number of anilines is 2. The Bertz CT molecular complexity index is 702. The van der Waals surface area contributed by atoms with Crippen molar-refractivity contribution in [2.75, 3.05) is 10.5 Å². The number of nitrogens with one attached hydrogen (secondary N) is 1. The zero-order valence-corrected chi connectivity index (χ0v) is 12.2. The lowest BCUT2D eigenvalue weighted by atomic mass is 10.4. The van der Waals surface area contributed by atoms with Crippen molar-refractivity contribution >= 4 is 37.7 Å². The number of aryl methyl sites for hydroxylation is 1. The second-order valence-electron chi connectivity index (χ2n) is 3.65. The average molecular weight is 344 g/mol. The summed E-state index contributed by atoms with van der Waals surface area (Å²) in [6.07, 6.45) is 2.27. The summed E-state index contributed by atoms with van der Waals surface area (Å²) in [5.41, 5.74) is 5.98. The standard InChI is InChI=1S/C10H10BrN5O2S/c1-6-8(11)2-3-9(15-6)16-19(17,18)7-4-13-10(12)14-5-7/h2-5H,1H3,(H,15,16)(H2,12,13,14). The molecule has 0 spiro atoms. The van der Waals surface area contributed by atoms with Gasteiger partial charge in [-0.1, -0.05) is 0 Å². The SMILES string of the molecule is Cc1nc(NS(=O)(=O)c2cnc(N)nc2)ccc1Br. The van der Waals surface area contributed by atoms with Crippen molar-refractivity contribution in [3.8, 4) is 0 Å². The van der Waals surface area contributed by atoms with Gasteiger partial charge < -0.3 is 5.73 Å². The van der Waals surface area contributed by atoms with Gasteiger partial charge in [0.15, 0.2) is 0 Å². The summed E-state index contributed by atoms with van der Waals surface area (Å²) >= 11 is 3.29. The molecule has 100 valence electrons. The van der Waals surface area contributed by atoms with Crippen molar-refractivity contribution in [2.24, 2.45) is 0 Å². The minimum absolute atomic E-state index is 0.0107. The van der Waals surface area contributed by atoms with E-state index in [0.29, 0.717) is 5.69 Å². The van der Waals surface area contributed by atoms with Gasteiger partial charge in [-0.3, -0.25) is 4.72 Å². The highest BCUT2D eigenvalue weighted by molar-refractivity contribution is 9.10. The molecule has 0 amide bonds. The molecule has 0 aliphatic heterocycles. The van der Waals surface area contributed by atoms with Crippen LogP contribution in [0.3, 0.4) is 0 Å². The maximum absolute atomic E-state index is 12.0. The fraction of sp³-hybridized carbons (Fsp3) is 0.100. The van der Waals surface area contributed by atoms with Crippen LogP contribution in [0.5, 0.6) is 0 Å². The van der Waals surface area contributed by atoms with Crippen LogP contribution < -0.4 is 10.5 Å². The third kappa shape index (κ3) is 3.18. The van der Waals surface area contributed by atoms with E-state index in [1.165, 1.54) is 0 Å². The summed E-state index contributed by atoms with van der Waals surface area (Å²) in [5.74, 6) is 0.231. The number of rotatable bonds is 3. The smallest absolute Gasteiger partial charge is 0.266 e. The van der Waals surface area contributed by atoms with Crippen molar-refractivity contribution in [3.63, 3.8) is 0 Å². The monoisotopic (exact) mass is 343 g/mol. The lowest BCUT2D eigenvalue weighted by Gasteiger charge is -2.08. The molecule has 7 nitrogen and oxygen atoms in total. The number of sulfonamides is 1. The quantitative estimate of drug-likeness (QED) is 0.869. The molecule has 2 aromatic rings. The largest absolute Gasteiger partial charge is 0.368 e. The highest BCUT2D eigenvalue weighted by Crippen LogP contribution is 2.18. The zero-order valence-electron chi connectivity index (χ0n) is 9.83. The molecule has 2 aromatic heterocycles. The van der Waals surface area contributed by atoms with Gasteiger partial charge in [0.2, 0.25) is 5.95 Å². The van der Waals surface area contributed by atoms with Gasteiger partial charge in [0.05, 0.1) is 18.1 Å². The van der Waals surface area contributed by atoms with Gasteiger partial charge >= 0.3 is 0 Å². The Morgan fingerprint density at radius 3 is 2.47 bits per heavy atom. The van der Waals surface area contributed by atoms with E-state index in [1.807, 2.05) is 0 Å². The van der Waals surface area contributed by atoms with E-state index >= 15 is 0 Å². The number of aromatic nitrogens is 3. The van der Waals surface area contributed by atoms with Gasteiger partial charge in [0.25, 0.3) is 10.0 Å². The number of pyridine rings is 1. The Morgan fingerprint density at radius 1 is 1.26 bits per heavy atom. The van der Waals surface area contributed by atoms with E-state index in [-0.39, 0.29) is 16.7 Å². The van der Waals surface area contributed by atoms with Crippen molar-refractivity contribution < 1.29 is 8.42 Å². The Balaban J connectivity index is 2.30. The number of hydrogen-bond donors (Lipinski definition) is 2. The maximum Gasteiger partial charge on any atom is 0.266 e. The molecule has 0 unspecified atom stereocenters. The number of halogens is 1. The predicted octanol–water partition coefficient (Wildman–Crippen LogP) is 1.33. The van der Waals surface area contributed by atoms with Crippen LogP contribution in [0.2, 0.25) is 0 Å². The molecule has 0 aliphatic carbocycles. The molecule has 0 aromatic carbocycles. The van der Waals surface area contributed by atoms with Crippen molar-refractivity contribution in [1.29, 1.82) is 0 Å². The topological polar surface area (TPSA) is 111 Å². The molecule has 0 aliphatic rings. The van der Waals surface area contributed by atoms with Gasteiger partial charge in [-0.2, -0.15) is 0 Å². The molecule has 19 heavy (non-hydrogen) atoms. The summed E-state index contributed by atoms with van der Waals surface area (Å²) in [4.78, 5) is 11.3. The summed E-state index contributed by atoms with van der Waals surface area (Å²) in [6, 6.07) is 3.26. The summed E-state index contributed by atoms with van der Waals surface area (Å²) in [7, 11) is -3.77. The van der Waals surface area contributed by atoms with Crippen LogP contribution in [0.4, 0.5) is 11.8 Å². The van der Waals surface area contributed by atoms with Crippen LogP contribution in [-0.2, 0) is 10.0 Å². The Hall–Kier alpha value is -1.74. The van der Waals surface area contributed by atoms with E-state index in [0.717, 1.165) is 16.9 Å². The summed E-state index contributed by atoms with van der Waals surface area (Å²) < 4.78 is 27.2. The van der Waals surface area contributed by atoms with Crippen LogP contribution in [0, 0.1) is 6.92 Å². The summed E-state index contributed by atoms with van der Waals surface area (Å²) in [5, 5.41) is 0. The minimum atomic E-state index is -3.77. The number of nitrogen functional groups attached to an aromatic ring is 1. The Kier molecular flexibility index (Phi) is 3.67. The Morgan fingerprint density at radius 2 is 1.89 bits per heavy atom. The maximum atomic E-state index is 12.0. The molecule has 0 radical (unpaired) electrons. The predicted molar refractivity (Wildman–Crippen MR) is 73.9 cm³/mol. The van der Waals surface area contributed by atoms with E-state index in [2.05, 4.69) is 35.6 Å². The van der Waals surface area contributed by atoms with Crippen LogP contribution in [0.25, 0.3) is 0 Å². The van der Waals surface area contributed by atoms with Crippen LogP contribution in [0.1, 0.15) is 5.69 Å². The molecular formula is C10H10BrN5O2S. The molecule has 3 N–H and O–H groups in total. The molecule has 0 saturated carbocycles. The minimum Gasteiger partial charge on any atom is -0.368 e. The highest BCUT2D eigenvalue weighted by Gasteiger charge is 2.16. The second kappa shape index (κ2) is 5.10. The van der Waals surface area contributed by atoms with E-state index in [1.54, 1.807) is 19.1 Å². The van der Waals surface area contributed by atoms with Crippen molar-refractivity contribution in [2.45, 2.75) is 11.8 Å². The van der Waals surface area contributed by atoms with Gasteiger partial charge in [-0.25, -0.2) is 23.4 Å². The lowest BCUT2D eigenvalue weighted by molar-refractivity contribution is 0.600. The lowest BCUT2D eigenvalue weighted by Crippen LogP contribution is -2.15. The first-order chi connectivity index (χ1) is 8.88. The van der Waals surface area contributed by atoms with Crippen molar-refractivity contribution in [3.05, 3.63) is 34.7 Å². The van der Waals surface area contributed by atoms with E-state index in [4.69, 9.17) is 5.73 Å². The van der Waals surface area contributed by atoms with Gasteiger partial charge in [0, 0.05) is 4.47 Å². The molecule has 2 heterocycles. The van der Waals surface area contributed by atoms with Gasteiger partial charge in [0.1, 0.15) is 10.7 Å². The van der Waals surface area contributed by atoms with E-state index < -0.39 is 10.0 Å². The third-order valence-corrected chi connectivity index (χ3v) is 4.37. The molecule has 2 rings (SSSR count). The fourth-order valence-electron chi connectivity index (χ4n) is 1.26. The molecular weight excluding hydrogens is 334 g/mol. The first-order valence-electron chi connectivity index (χ1n) is 5.12. The third-order valence-electron chi connectivity index (χ3n) is 2.22. The molecule has 0 saturated heterocycles. The normalized spacial score (nSPS) is 11.3. The number of hydrogen-bond acceptors (Lipinski definition) is 6. The van der Waals surface area contributed by atoms with E-state index in [9.17, 15) is 8.42 Å². The molecule has 0 atom stereocenters. The Labute approximate surface area is 118 Å².